The molecule has 5 heteroatoms. The zero-order valence-electron chi connectivity index (χ0n) is 14.3. The van der Waals surface area contributed by atoms with Gasteiger partial charge in [-0.25, -0.2) is 4.79 Å². The topological polar surface area (TPSA) is 49.9 Å². The maximum absolute atomic E-state index is 11.8. The Labute approximate surface area is 138 Å². The van der Waals surface area contributed by atoms with Gasteiger partial charge in [-0.05, 0) is 43.4 Å². The van der Waals surface area contributed by atoms with Crippen LogP contribution in [0, 0.1) is 23.2 Å². The summed E-state index contributed by atoms with van der Waals surface area (Å²) >= 11 is 0. The van der Waals surface area contributed by atoms with Gasteiger partial charge in [0.2, 0.25) is 0 Å². The SMILES string of the molecule is CCOC(=O)N1CCC2(CC(N3C[C@@H]4[C@H](C3)[C@H]4C(=O)CC)C2)C1. The summed E-state index contributed by atoms with van der Waals surface area (Å²) in [6, 6.07) is 0.683. The first kappa shape index (κ1) is 15.4. The second-order valence-corrected chi connectivity index (χ2v) is 8.06. The smallest absolute Gasteiger partial charge is 0.409 e. The van der Waals surface area contributed by atoms with Crippen LogP contribution < -0.4 is 0 Å². The van der Waals surface area contributed by atoms with Crippen molar-refractivity contribution in [2.45, 2.75) is 45.6 Å². The van der Waals surface area contributed by atoms with Gasteiger partial charge in [-0.2, -0.15) is 0 Å². The Hall–Kier alpha value is -1.10. The van der Waals surface area contributed by atoms with Crippen molar-refractivity contribution >= 4 is 11.9 Å². The molecular weight excluding hydrogens is 292 g/mol. The van der Waals surface area contributed by atoms with Crippen LogP contribution in [0.15, 0.2) is 0 Å². The average Bonchev–Trinajstić information content (AvgIpc) is 2.91. The Morgan fingerprint density at radius 2 is 1.87 bits per heavy atom. The monoisotopic (exact) mass is 320 g/mol. The lowest BCUT2D eigenvalue weighted by Gasteiger charge is -2.49. The minimum Gasteiger partial charge on any atom is -0.450 e. The van der Waals surface area contributed by atoms with Crippen LogP contribution in [0.4, 0.5) is 4.79 Å². The molecule has 0 N–H and O–H groups in total. The van der Waals surface area contributed by atoms with Crippen LogP contribution in [0.3, 0.4) is 0 Å². The number of piperidine rings is 1. The lowest BCUT2D eigenvalue weighted by molar-refractivity contribution is -0.121. The third-order valence-electron chi connectivity index (χ3n) is 6.76. The van der Waals surface area contributed by atoms with Gasteiger partial charge in [0, 0.05) is 44.6 Å². The maximum atomic E-state index is 11.8. The van der Waals surface area contributed by atoms with Crippen LogP contribution in [0.2, 0.25) is 0 Å². The molecular formula is C18H28N2O3. The number of ether oxygens (including phenoxy) is 1. The summed E-state index contributed by atoms with van der Waals surface area (Å²) in [5.74, 6) is 2.17. The summed E-state index contributed by atoms with van der Waals surface area (Å²) < 4.78 is 5.12. The number of carbonyl (C=O) groups is 2. The highest BCUT2D eigenvalue weighted by Gasteiger charge is 2.61. The highest BCUT2D eigenvalue weighted by molar-refractivity contribution is 5.84. The number of amides is 1. The van der Waals surface area contributed by atoms with E-state index >= 15 is 0 Å². The highest BCUT2D eigenvalue weighted by atomic mass is 16.6. The molecule has 2 aliphatic carbocycles. The number of nitrogens with zero attached hydrogens (tertiary/aromatic N) is 2. The second kappa shape index (κ2) is 5.47. The molecule has 3 atom stereocenters. The Morgan fingerprint density at radius 1 is 1.17 bits per heavy atom. The fraction of sp³-hybridized carbons (Fsp3) is 0.889. The van der Waals surface area contributed by atoms with Gasteiger partial charge < -0.3 is 9.64 Å². The molecule has 0 bridgehead atoms. The Morgan fingerprint density at radius 3 is 2.48 bits per heavy atom. The van der Waals surface area contributed by atoms with E-state index in [0.29, 0.717) is 48.0 Å². The first-order valence-corrected chi connectivity index (χ1v) is 9.25. The predicted molar refractivity (Wildman–Crippen MR) is 86.0 cm³/mol. The van der Waals surface area contributed by atoms with Crippen LogP contribution in [-0.4, -0.2) is 60.5 Å². The number of carbonyl (C=O) groups excluding carboxylic acids is 2. The summed E-state index contributed by atoms with van der Waals surface area (Å²) in [6.45, 7) is 8.29. The van der Waals surface area contributed by atoms with Gasteiger partial charge in [0.05, 0.1) is 6.61 Å². The van der Waals surface area contributed by atoms with Crippen molar-refractivity contribution in [2.75, 3.05) is 32.8 Å². The third-order valence-corrected chi connectivity index (χ3v) is 6.76. The molecule has 2 heterocycles. The summed E-state index contributed by atoms with van der Waals surface area (Å²) in [4.78, 5) is 28.2. The molecule has 4 aliphatic rings. The normalized spacial score (nSPS) is 41.7. The second-order valence-electron chi connectivity index (χ2n) is 8.06. The van der Waals surface area contributed by atoms with Gasteiger partial charge in [-0.15, -0.1) is 0 Å². The van der Waals surface area contributed by atoms with Gasteiger partial charge in [0.15, 0.2) is 0 Å². The number of Topliss-reactive ketones (excluding diaryl/α,β-unsaturated/α-hetero) is 1. The Balaban J connectivity index is 1.24. The highest BCUT2D eigenvalue weighted by Crippen LogP contribution is 2.57. The van der Waals surface area contributed by atoms with Crippen LogP contribution in [-0.2, 0) is 9.53 Å². The largest absolute Gasteiger partial charge is 0.450 e. The van der Waals surface area contributed by atoms with E-state index in [4.69, 9.17) is 4.74 Å². The van der Waals surface area contributed by atoms with Crippen molar-refractivity contribution in [3.05, 3.63) is 0 Å². The van der Waals surface area contributed by atoms with Crippen LogP contribution in [0.5, 0.6) is 0 Å². The van der Waals surface area contributed by atoms with Crippen molar-refractivity contribution in [1.29, 1.82) is 0 Å². The molecule has 1 spiro atoms. The average molecular weight is 320 g/mol. The molecule has 4 rings (SSSR count). The van der Waals surface area contributed by atoms with E-state index in [1.54, 1.807) is 0 Å². The van der Waals surface area contributed by atoms with Gasteiger partial charge in [-0.3, -0.25) is 9.69 Å². The zero-order valence-corrected chi connectivity index (χ0v) is 14.3. The molecule has 0 aromatic carbocycles. The molecule has 4 fully saturated rings. The van der Waals surface area contributed by atoms with Crippen LogP contribution in [0.1, 0.15) is 39.5 Å². The summed E-state index contributed by atoms with van der Waals surface area (Å²) in [5, 5.41) is 0. The van der Waals surface area contributed by atoms with Crippen LogP contribution >= 0.6 is 0 Å². The zero-order chi connectivity index (χ0) is 16.2. The van der Waals surface area contributed by atoms with Gasteiger partial charge >= 0.3 is 6.09 Å². The van der Waals surface area contributed by atoms with E-state index in [1.165, 1.54) is 12.8 Å². The molecule has 0 aromatic rings. The predicted octanol–water partition coefficient (Wildman–Crippen LogP) is 2.15. The van der Waals surface area contributed by atoms with E-state index in [0.717, 1.165) is 32.6 Å². The molecule has 0 aromatic heterocycles. The summed E-state index contributed by atoms with van der Waals surface area (Å²) in [5.41, 5.74) is 0.350. The molecule has 2 saturated heterocycles. The molecule has 128 valence electrons. The summed E-state index contributed by atoms with van der Waals surface area (Å²) in [7, 11) is 0. The number of likely N-dealkylation sites (tertiary alicyclic amines) is 2. The van der Waals surface area contributed by atoms with Crippen LogP contribution in [0.25, 0.3) is 0 Å². The minimum absolute atomic E-state index is 0.142. The molecule has 0 unspecified atom stereocenters. The van der Waals surface area contributed by atoms with Gasteiger partial charge in [0.1, 0.15) is 5.78 Å². The Bertz CT molecular complexity index is 502. The van der Waals surface area contributed by atoms with Crippen molar-refractivity contribution < 1.29 is 14.3 Å². The van der Waals surface area contributed by atoms with Crippen molar-refractivity contribution in [3.63, 3.8) is 0 Å². The standard InChI is InChI=1S/C18H28N2O3/c1-3-15(21)16-13-9-20(10-14(13)16)12-7-18(8-12)5-6-19(11-18)17(22)23-4-2/h12-14,16H,3-11H2,1-2H3/t12?,13-,14+,16+,18?. The lowest BCUT2D eigenvalue weighted by atomic mass is 9.64. The molecule has 2 aliphatic heterocycles. The summed E-state index contributed by atoms with van der Waals surface area (Å²) in [6.07, 6.45) is 4.12. The number of hydrogen-bond acceptors (Lipinski definition) is 4. The molecule has 2 saturated carbocycles. The van der Waals surface area contributed by atoms with Gasteiger partial charge in [0.25, 0.3) is 0 Å². The Kier molecular flexibility index (Phi) is 3.67. The minimum atomic E-state index is -0.142. The number of ketones is 1. The maximum Gasteiger partial charge on any atom is 0.409 e. The number of fused-ring (bicyclic) bond motifs is 1. The quantitative estimate of drug-likeness (QED) is 0.796. The van der Waals surface area contributed by atoms with Crippen molar-refractivity contribution in [2.24, 2.45) is 23.2 Å². The fourth-order valence-electron chi connectivity index (χ4n) is 5.41. The number of rotatable bonds is 4. The first-order valence-electron chi connectivity index (χ1n) is 9.25. The van der Waals surface area contributed by atoms with E-state index < -0.39 is 0 Å². The molecule has 0 radical (unpaired) electrons. The fourth-order valence-corrected chi connectivity index (χ4v) is 5.41. The van der Waals surface area contributed by atoms with Gasteiger partial charge in [-0.1, -0.05) is 6.92 Å². The number of hydrogen-bond donors (Lipinski definition) is 0. The molecule has 23 heavy (non-hydrogen) atoms. The van der Waals surface area contributed by atoms with E-state index in [-0.39, 0.29) is 6.09 Å². The van der Waals surface area contributed by atoms with Crippen molar-refractivity contribution in [3.8, 4) is 0 Å². The van der Waals surface area contributed by atoms with Crippen molar-refractivity contribution in [1.82, 2.24) is 9.80 Å². The van der Waals surface area contributed by atoms with E-state index in [9.17, 15) is 9.59 Å². The first-order chi connectivity index (χ1) is 11.1. The molecule has 1 amide bonds. The lowest BCUT2D eigenvalue weighted by Crippen LogP contribution is -2.52. The molecule has 5 nitrogen and oxygen atoms in total. The third kappa shape index (κ3) is 2.48. The van der Waals surface area contributed by atoms with E-state index in [1.807, 2.05) is 18.7 Å². The van der Waals surface area contributed by atoms with E-state index in [2.05, 4.69) is 4.90 Å².